The fraction of sp³-hybridized carbons (Fsp3) is 0.400. The van der Waals surface area contributed by atoms with E-state index < -0.39 is 0 Å². The van der Waals surface area contributed by atoms with Gasteiger partial charge in [-0.1, -0.05) is 18.2 Å². The second-order valence-corrected chi connectivity index (χ2v) is 8.95. The second-order valence-electron chi connectivity index (χ2n) is 8.95. The van der Waals surface area contributed by atoms with Gasteiger partial charge in [0.2, 0.25) is 11.8 Å². The molecule has 1 aromatic carbocycles. The van der Waals surface area contributed by atoms with E-state index in [0.29, 0.717) is 6.54 Å². The van der Waals surface area contributed by atoms with Gasteiger partial charge in [-0.15, -0.1) is 0 Å². The molecule has 2 amide bonds. The van der Waals surface area contributed by atoms with Crippen molar-refractivity contribution in [3.05, 3.63) is 71.8 Å². The normalized spacial score (nSPS) is 28.5. The van der Waals surface area contributed by atoms with Gasteiger partial charge in [-0.05, 0) is 73.4 Å². The highest BCUT2D eigenvalue weighted by molar-refractivity contribution is 6.00. The van der Waals surface area contributed by atoms with Crippen molar-refractivity contribution in [1.82, 2.24) is 10.3 Å². The SMILES string of the molecule is CC1CCc2cc(F)ccc2N1C(=O)C1C2C=CC(C2)C1C(=O)NCc1cccnc1. The summed E-state index contributed by atoms with van der Waals surface area (Å²) in [6.07, 6.45) is 9.99. The molecule has 160 valence electrons. The van der Waals surface area contributed by atoms with E-state index in [2.05, 4.69) is 22.5 Å². The van der Waals surface area contributed by atoms with Gasteiger partial charge in [0.15, 0.2) is 0 Å². The Balaban J connectivity index is 1.40. The lowest BCUT2D eigenvalue weighted by molar-refractivity contribution is -0.134. The third-order valence-electron chi connectivity index (χ3n) is 7.05. The first kappa shape index (κ1) is 19.9. The number of carbonyl (C=O) groups excluding carboxylic acids is 2. The van der Waals surface area contributed by atoms with Crippen LogP contribution >= 0.6 is 0 Å². The Hall–Kier alpha value is -3.02. The summed E-state index contributed by atoms with van der Waals surface area (Å²) in [4.78, 5) is 32.9. The quantitative estimate of drug-likeness (QED) is 0.770. The van der Waals surface area contributed by atoms with Crippen molar-refractivity contribution in [2.75, 3.05) is 4.90 Å². The van der Waals surface area contributed by atoms with Gasteiger partial charge in [-0.3, -0.25) is 14.6 Å². The third-order valence-corrected chi connectivity index (χ3v) is 7.05. The molecule has 0 radical (unpaired) electrons. The minimum atomic E-state index is -0.387. The number of rotatable bonds is 4. The molecule has 0 saturated heterocycles. The Morgan fingerprint density at radius 1 is 1.19 bits per heavy atom. The molecule has 2 bridgehead atoms. The summed E-state index contributed by atoms with van der Waals surface area (Å²) >= 11 is 0. The van der Waals surface area contributed by atoms with Crippen molar-refractivity contribution in [3.8, 4) is 0 Å². The van der Waals surface area contributed by atoms with Crippen LogP contribution in [-0.4, -0.2) is 22.8 Å². The Kier molecular flexibility index (Phi) is 5.08. The molecular weight excluding hydrogens is 393 g/mol. The number of carbonyl (C=O) groups is 2. The Morgan fingerprint density at radius 3 is 2.77 bits per heavy atom. The Morgan fingerprint density at radius 2 is 2.00 bits per heavy atom. The zero-order valence-electron chi connectivity index (χ0n) is 17.5. The van der Waals surface area contributed by atoms with Crippen LogP contribution in [0, 0.1) is 29.5 Å². The summed E-state index contributed by atoms with van der Waals surface area (Å²) in [7, 11) is 0. The van der Waals surface area contributed by atoms with E-state index >= 15 is 0 Å². The van der Waals surface area contributed by atoms with E-state index in [1.165, 1.54) is 12.1 Å². The number of hydrogen-bond donors (Lipinski definition) is 1. The molecule has 6 heteroatoms. The van der Waals surface area contributed by atoms with Crippen LogP contribution in [0.3, 0.4) is 0 Å². The fourth-order valence-electron chi connectivity index (χ4n) is 5.54. The summed E-state index contributed by atoms with van der Waals surface area (Å²) in [5.41, 5.74) is 2.58. The van der Waals surface area contributed by atoms with E-state index in [9.17, 15) is 14.0 Å². The van der Waals surface area contributed by atoms with Gasteiger partial charge in [-0.25, -0.2) is 4.39 Å². The second kappa shape index (κ2) is 7.91. The van der Waals surface area contributed by atoms with Gasteiger partial charge < -0.3 is 10.2 Å². The fourth-order valence-corrected chi connectivity index (χ4v) is 5.54. The number of fused-ring (bicyclic) bond motifs is 3. The standard InChI is InChI=1S/C25H26FN3O2/c1-15-4-5-17-12-20(26)8-9-21(17)29(15)25(31)23-19-7-6-18(11-19)22(23)24(30)28-14-16-3-2-10-27-13-16/h2-3,6-10,12-13,15,18-19,22-23H,4-5,11,14H2,1H3,(H,28,30). The van der Waals surface area contributed by atoms with Crippen molar-refractivity contribution in [2.24, 2.45) is 23.7 Å². The minimum absolute atomic E-state index is 0.0153. The molecule has 31 heavy (non-hydrogen) atoms. The molecule has 1 aliphatic heterocycles. The number of aromatic nitrogens is 1. The van der Waals surface area contributed by atoms with Crippen molar-refractivity contribution >= 4 is 17.5 Å². The number of nitrogens with one attached hydrogen (secondary N) is 1. The highest BCUT2D eigenvalue weighted by Crippen LogP contribution is 2.50. The molecule has 5 unspecified atom stereocenters. The molecule has 2 aromatic rings. The average molecular weight is 420 g/mol. The summed E-state index contributed by atoms with van der Waals surface area (Å²) in [6.45, 7) is 2.43. The lowest BCUT2D eigenvalue weighted by atomic mass is 9.80. The summed E-state index contributed by atoms with van der Waals surface area (Å²) in [6, 6.07) is 8.43. The Labute approximate surface area is 181 Å². The molecule has 2 heterocycles. The van der Waals surface area contributed by atoms with Crippen molar-refractivity contribution in [2.45, 2.75) is 38.8 Å². The van der Waals surface area contributed by atoms with Crippen molar-refractivity contribution in [1.29, 1.82) is 0 Å². The monoisotopic (exact) mass is 419 g/mol. The summed E-state index contributed by atoms with van der Waals surface area (Å²) < 4.78 is 13.8. The van der Waals surface area contributed by atoms with Gasteiger partial charge in [0.1, 0.15) is 5.82 Å². The first-order valence-electron chi connectivity index (χ1n) is 11.0. The van der Waals surface area contributed by atoms with E-state index in [0.717, 1.165) is 36.1 Å². The number of anilines is 1. The maximum atomic E-state index is 13.8. The zero-order chi connectivity index (χ0) is 21.5. The van der Waals surface area contributed by atoms with Crippen LogP contribution in [0.1, 0.15) is 30.9 Å². The lowest BCUT2D eigenvalue weighted by Gasteiger charge is -2.39. The predicted octanol–water partition coefficient (Wildman–Crippen LogP) is 3.64. The zero-order valence-corrected chi connectivity index (χ0v) is 17.5. The van der Waals surface area contributed by atoms with E-state index in [4.69, 9.17) is 0 Å². The van der Waals surface area contributed by atoms with E-state index in [1.54, 1.807) is 18.5 Å². The average Bonchev–Trinajstić information content (AvgIpc) is 3.40. The van der Waals surface area contributed by atoms with Crippen LogP contribution in [-0.2, 0) is 22.6 Å². The largest absolute Gasteiger partial charge is 0.352 e. The van der Waals surface area contributed by atoms with Gasteiger partial charge in [0.05, 0.1) is 11.8 Å². The van der Waals surface area contributed by atoms with Crippen LogP contribution < -0.4 is 10.2 Å². The van der Waals surface area contributed by atoms with Crippen LogP contribution in [0.4, 0.5) is 10.1 Å². The maximum Gasteiger partial charge on any atom is 0.231 e. The molecule has 1 fully saturated rings. The van der Waals surface area contributed by atoms with Gasteiger partial charge in [0, 0.05) is 30.7 Å². The molecule has 3 aliphatic rings. The molecule has 1 aromatic heterocycles. The van der Waals surface area contributed by atoms with Crippen LogP contribution in [0.25, 0.3) is 0 Å². The van der Waals surface area contributed by atoms with Crippen LogP contribution in [0.5, 0.6) is 0 Å². The number of halogens is 1. The number of allylic oxidation sites excluding steroid dienone is 2. The third kappa shape index (κ3) is 3.54. The highest BCUT2D eigenvalue weighted by atomic mass is 19.1. The first-order chi connectivity index (χ1) is 15.0. The molecule has 5 atom stereocenters. The first-order valence-corrected chi connectivity index (χ1v) is 11.0. The summed E-state index contributed by atoms with van der Waals surface area (Å²) in [5.74, 6) is -0.984. The molecule has 0 spiro atoms. The lowest BCUT2D eigenvalue weighted by Crippen LogP contribution is -2.50. The molecule has 1 N–H and O–H groups in total. The number of aryl methyl sites for hydroxylation is 1. The molecule has 5 rings (SSSR count). The van der Waals surface area contributed by atoms with Crippen molar-refractivity contribution in [3.63, 3.8) is 0 Å². The van der Waals surface area contributed by atoms with Gasteiger partial charge in [-0.2, -0.15) is 0 Å². The van der Waals surface area contributed by atoms with E-state index in [-0.39, 0.29) is 47.3 Å². The van der Waals surface area contributed by atoms with Crippen molar-refractivity contribution < 1.29 is 14.0 Å². The number of amides is 2. The topological polar surface area (TPSA) is 62.3 Å². The van der Waals surface area contributed by atoms with E-state index in [1.807, 2.05) is 24.0 Å². The number of hydrogen-bond acceptors (Lipinski definition) is 3. The minimum Gasteiger partial charge on any atom is -0.352 e. The maximum absolute atomic E-state index is 13.8. The van der Waals surface area contributed by atoms with Crippen LogP contribution in [0.15, 0.2) is 54.9 Å². The number of benzene rings is 1. The van der Waals surface area contributed by atoms with Gasteiger partial charge in [0.25, 0.3) is 0 Å². The smallest absolute Gasteiger partial charge is 0.231 e. The number of pyridine rings is 1. The Bertz CT molecular complexity index is 1040. The van der Waals surface area contributed by atoms with Gasteiger partial charge >= 0.3 is 0 Å². The summed E-state index contributed by atoms with van der Waals surface area (Å²) in [5, 5.41) is 3.02. The molecule has 2 aliphatic carbocycles. The molecular formula is C25H26FN3O2. The highest BCUT2D eigenvalue weighted by Gasteiger charge is 2.53. The number of nitrogens with zero attached hydrogens (tertiary/aromatic N) is 2. The molecule has 1 saturated carbocycles. The predicted molar refractivity (Wildman–Crippen MR) is 115 cm³/mol. The molecule has 5 nitrogen and oxygen atoms in total. The van der Waals surface area contributed by atoms with Crippen LogP contribution in [0.2, 0.25) is 0 Å².